The van der Waals surface area contributed by atoms with Crippen molar-refractivity contribution in [1.29, 1.82) is 0 Å². The SMILES string of the molecule is CN(C)Sn1nc(-c2ccc(F)cc2)cc1N. The van der Waals surface area contributed by atoms with Crippen molar-refractivity contribution in [3.05, 3.63) is 36.1 Å². The molecular weight excluding hydrogens is 239 g/mol. The standard InChI is InChI=1S/C11H13FN4S/c1-15(2)17-16-11(13)7-10(14-16)8-3-5-9(12)6-4-8/h3-7H,13H2,1-2H3. The van der Waals surface area contributed by atoms with Crippen molar-refractivity contribution in [3.8, 4) is 11.3 Å². The van der Waals surface area contributed by atoms with Gasteiger partial charge in [0.05, 0.1) is 17.8 Å². The lowest BCUT2D eigenvalue weighted by Crippen LogP contribution is -2.07. The van der Waals surface area contributed by atoms with E-state index in [1.807, 2.05) is 18.4 Å². The van der Waals surface area contributed by atoms with Crippen LogP contribution in [-0.2, 0) is 0 Å². The minimum atomic E-state index is -0.260. The van der Waals surface area contributed by atoms with Gasteiger partial charge in [-0.2, -0.15) is 9.19 Å². The van der Waals surface area contributed by atoms with Crippen molar-refractivity contribution in [3.63, 3.8) is 0 Å². The molecule has 0 amide bonds. The molecule has 0 aliphatic heterocycles. The van der Waals surface area contributed by atoms with Crippen LogP contribution in [0.3, 0.4) is 0 Å². The van der Waals surface area contributed by atoms with E-state index in [4.69, 9.17) is 5.73 Å². The lowest BCUT2D eigenvalue weighted by Gasteiger charge is -2.07. The molecule has 0 radical (unpaired) electrons. The van der Waals surface area contributed by atoms with Crippen molar-refractivity contribution in [1.82, 2.24) is 13.5 Å². The normalized spacial score (nSPS) is 11.1. The van der Waals surface area contributed by atoms with E-state index in [-0.39, 0.29) is 5.82 Å². The van der Waals surface area contributed by atoms with Crippen molar-refractivity contribution in [2.75, 3.05) is 19.8 Å². The number of nitrogens with zero attached hydrogens (tertiary/aromatic N) is 3. The highest BCUT2D eigenvalue weighted by Crippen LogP contribution is 2.23. The Morgan fingerprint density at radius 1 is 1.29 bits per heavy atom. The molecule has 17 heavy (non-hydrogen) atoms. The maximum Gasteiger partial charge on any atom is 0.136 e. The molecule has 0 bridgehead atoms. The van der Waals surface area contributed by atoms with E-state index in [0.29, 0.717) is 5.82 Å². The fourth-order valence-electron chi connectivity index (χ4n) is 1.36. The van der Waals surface area contributed by atoms with Gasteiger partial charge >= 0.3 is 0 Å². The summed E-state index contributed by atoms with van der Waals surface area (Å²) in [6.07, 6.45) is 0. The van der Waals surface area contributed by atoms with E-state index < -0.39 is 0 Å². The average molecular weight is 252 g/mol. The molecule has 0 aliphatic carbocycles. The quantitative estimate of drug-likeness (QED) is 0.851. The molecule has 1 aromatic heterocycles. The van der Waals surface area contributed by atoms with E-state index in [1.54, 1.807) is 22.3 Å². The number of aromatic nitrogens is 2. The topological polar surface area (TPSA) is 47.1 Å². The highest BCUT2D eigenvalue weighted by Gasteiger charge is 2.08. The predicted octanol–water partition coefficient (Wildman–Crippen LogP) is 2.24. The summed E-state index contributed by atoms with van der Waals surface area (Å²) >= 11 is 1.38. The molecule has 0 aliphatic rings. The third kappa shape index (κ3) is 2.78. The first kappa shape index (κ1) is 11.9. The van der Waals surface area contributed by atoms with Crippen LogP contribution >= 0.6 is 12.1 Å². The molecule has 2 rings (SSSR count). The van der Waals surface area contributed by atoms with Crippen molar-refractivity contribution < 1.29 is 4.39 Å². The molecule has 2 aromatic rings. The van der Waals surface area contributed by atoms with E-state index >= 15 is 0 Å². The number of anilines is 1. The first-order valence-corrected chi connectivity index (χ1v) is 5.76. The van der Waals surface area contributed by atoms with E-state index in [2.05, 4.69) is 5.10 Å². The van der Waals surface area contributed by atoms with E-state index in [9.17, 15) is 4.39 Å². The zero-order valence-electron chi connectivity index (χ0n) is 9.59. The van der Waals surface area contributed by atoms with Gasteiger partial charge in [-0.3, -0.25) is 0 Å². The number of benzene rings is 1. The van der Waals surface area contributed by atoms with Crippen molar-refractivity contribution in [2.45, 2.75) is 0 Å². The molecule has 1 heterocycles. The molecule has 4 nitrogen and oxygen atoms in total. The smallest absolute Gasteiger partial charge is 0.136 e. The van der Waals surface area contributed by atoms with E-state index in [1.165, 1.54) is 24.3 Å². The number of halogens is 1. The Kier molecular flexibility index (Phi) is 3.35. The molecule has 6 heteroatoms. The Balaban J connectivity index is 2.31. The molecule has 0 atom stereocenters. The molecule has 0 fully saturated rings. The van der Waals surface area contributed by atoms with E-state index in [0.717, 1.165) is 11.3 Å². The second-order valence-corrected chi connectivity index (χ2v) is 4.97. The highest BCUT2D eigenvalue weighted by atomic mass is 32.2. The summed E-state index contributed by atoms with van der Waals surface area (Å²) in [6, 6.07) is 7.94. The number of rotatable bonds is 3. The predicted molar refractivity (Wildman–Crippen MR) is 68.7 cm³/mol. The van der Waals surface area contributed by atoms with Gasteiger partial charge < -0.3 is 5.73 Å². The fraction of sp³-hybridized carbons (Fsp3) is 0.182. The van der Waals surface area contributed by atoms with Gasteiger partial charge in [0.15, 0.2) is 0 Å². The maximum absolute atomic E-state index is 12.8. The third-order valence-corrected chi connectivity index (χ3v) is 2.86. The largest absolute Gasteiger partial charge is 0.383 e. The second-order valence-electron chi connectivity index (χ2n) is 3.73. The average Bonchev–Trinajstić information content (AvgIpc) is 2.60. The fourth-order valence-corrected chi connectivity index (χ4v) is 1.94. The zero-order valence-corrected chi connectivity index (χ0v) is 10.4. The van der Waals surface area contributed by atoms with Gasteiger partial charge in [-0.25, -0.2) is 8.70 Å². The summed E-state index contributed by atoms with van der Waals surface area (Å²) in [4.78, 5) is 0. The summed E-state index contributed by atoms with van der Waals surface area (Å²) in [7, 11) is 3.81. The van der Waals surface area contributed by atoms with Crippen LogP contribution < -0.4 is 5.73 Å². The van der Waals surface area contributed by atoms with Crippen LogP contribution in [0.2, 0.25) is 0 Å². The van der Waals surface area contributed by atoms with Crippen LogP contribution in [0.5, 0.6) is 0 Å². The highest BCUT2D eigenvalue weighted by molar-refractivity contribution is 7.95. The van der Waals surface area contributed by atoms with Crippen LogP contribution in [-0.4, -0.2) is 27.6 Å². The second kappa shape index (κ2) is 4.77. The summed E-state index contributed by atoms with van der Waals surface area (Å²) in [5, 5.41) is 4.34. The molecule has 1 aromatic carbocycles. The summed E-state index contributed by atoms with van der Waals surface area (Å²) < 4.78 is 16.3. The molecule has 0 spiro atoms. The minimum Gasteiger partial charge on any atom is -0.383 e. The van der Waals surface area contributed by atoms with Gasteiger partial charge in [0.2, 0.25) is 0 Å². The maximum atomic E-state index is 12.8. The zero-order chi connectivity index (χ0) is 12.4. The van der Waals surface area contributed by atoms with Crippen molar-refractivity contribution in [2.24, 2.45) is 0 Å². The molecular formula is C11H13FN4S. The summed E-state index contributed by atoms with van der Waals surface area (Å²) in [5.41, 5.74) is 7.41. The van der Waals surface area contributed by atoms with Gasteiger partial charge in [0.25, 0.3) is 0 Å². The minimum absolute atomic E-state index is 0.260. The lowest BCUT2D eigenvalue weighted by molar-refractivity contribution is 0.628. The van der Waals surface area contributed by atoms with Crippen LogP contribution in [0.25, 0.3) is 11.3 Å². The number of hydrogen-bond donors (Lipinski definition) is 1. The third-order valence-electron chi connectivity index (χ3n) is 2.08. The Hall–Kier alpha value is -1.53. The van der Waals surface area contributed by atoms with Crippen LogP contribution in [0.4, 0.5) is 10.2 Å². The van der Waals surface area contributed by atoms with Crippen molar-refractivity contribution >= 4 is 18.0 Å². The van der Waals surface area contributed by atoms with Gasteiger partial charge in [0, 0.05) is 11.6 Å². The first-order valence-electron chi connectivity index (χ1n) is 5.03. The molecule has 0 saturated heterocycles. The van der Waals surface area contributed by atoms with Gasteiger partial charge in [-0.05, 0) is 38.4 Å². The van der Waals surface area contributed by atoms with Gasteiger partial charge in [0.1, 0.15) is 11.6 Å². The Morgan fingerprint density at radius 3 is 2.53 bits per heavy atom. The Labute approximate surface area is 103 Å². The molecule has 2 N–H and O–H groups in total. The van der Waals surface area contributed by atoms with Crippen LogP contribution in [0, 0.1) is 5.82 Å². The van der Waals surface area contributed by atoms with Gasteiger partial charge in [-0.15, -0.1) is 0 Å². The first-order chi connectivity index (χ1) is 8.06. The monoisotopic (exact) mass is 252 g/mol. The summed E-state index contributed by atoms with van der Waals surface area (Å²) in [5.74, 6) is 0.298. The van der Waals surface area contributed by atoms with Crippen LogP contribution in [0.1, 0.15) is 0 Å². The molecule has 90 valence electrons. The number of nitrogens with two attached hydrogens (primary N) is 1. The molecule has 0 unspecified atom stereocenters. The van der Waals surface area contributed by atoms with Crippen LogP contribution in [0.15, 0.2) is 30.3 Å². The van der Waals surface area contributed by atoms with Gasteiger partial charge in [-0.1, -0.05) is 0 Å². The summed E-state index contributed by atoms with van der Waals surface area (Å²) in [6.45, 7) is 0. The Bertz CT molecular complexity index is 507. The number of hydrogen-bond acceptors (Lipinski definition) is 4. The number of nitrogen functional groups attached to an aromatic ring is 1. The molecule has 0 saturated carbocycles. The Morgan fingerprint density at radius 2 is 1.94 bits per heavy atom. The lowest BCUT2D eigenvalue weighted by atomic mass is 10.1.